The van der Waals surface area contributed by atoms with Crippen LogP contribution in [-0.4, -0.2) is 73.5 Å². The number of carboxylic acids is 2. The summed E-state index contributed by atoms with van der Waals surface area (Å²) in [6, 6.07) is 0. The molecule has 5 heteroatoms. The fourth-order valence-electron chi connectivity index (χ4n) is 1.32. The summed E-state index contributed by atoms with van der Waals surface area (Å²) in [5.41, 5.74) is 0. The zero-order valence-electron chi connectivity index (χ0n) is 7.99. The molecule has 0 amide bonds. The average Bonchev–Trinajstić information content (AvgIpc) is 1.99. The Morgan fingerprint density at radius 3 is 1.93 bits per heavy atom. The number of carboxylic acid groups (broad SMARTS) is 2. The number of hydrogen-bond donors (Lipinski definition) is 2. The molecule has 0 aromatic carbocycles. The van der Waals surface area contributed by atoms with Crippen molar-refractivity contribution in [2.45, 2.75) is 33.1 Å². The van der Waals surface area contributed by atoms with E-state index in [1.165, 1.54) is 0 Å². The van der Waals surface area contributed by atoms with E-state index in [0.29, 0.717) is 0 Å². The summed E-state index contributed by atoms with van der Waals surface area (Å²) in [4.78, 5) is 21.0. The standard InChI is InChI=1S/C9H16O4.K.H/c1-3-4-6(2)5-7(8(10)11)9(12)13;;/h6-7H,3-5H2,1-2H3,(H,10,11)(H,12,13);;. The summed E-state index contributed by atoms with van der Waals surface area (Å²) in [5, 5.41) is 17.2. The average molecular weight is 228 g/mol. The summed E-state index contributed by atoms with van der Waals surface area (Å²) in [5.74, 6) is -3.57. The van der Waals surface area contributed by atoms with E-state index in [-0.39, 0.29) is 63.7 Å². The van der Waals surface area contributed by atoms with Crippen LogP contribution in [0.15, 0.2) is 0 Å². The van der Waals surface area contributed by atoms with E-state index >= 15 is 0 Å². The van der Waals surface area contributed by atoms with Gasteiger partial charge in [0.1, 0.15) is 0 Å². The SMILES string of the molecule is CCCC(C)CC(C(=O)O)C(=O)O.[KH]. The van der Waals surface area contributed by atoms with Crippen molar-refractivity contribution in [3.8, 4) is 0 Å². The van der Waals surface area contributed by atoms with E-state index in [4.69, 9.17) is 10.2 Å². The van der Waals surface area contributed by atoms with Crippen molar-refractivity contribution in [1.29, 1.82) is 0 Å². The monoisotopic (exact) mass is 228 g/mol. The molecule has 0 rings (SSSR count). The molecule has 14 heavy (non-hydrogen) atoms. The van der Waals surface area contributed by atoms with E-state index < -0.39 is 17.9 Å². The third kappa shape index (κ3) is 6.95. The van der Waals surface area contributed by atoms with Gasteiger partial charge < -0.3 is 10.2 Å². The van der Waals surface area contributed by atoms with E-state index in [1.54, 1.807) is 0 Å². The van der Waals surface area contributed by atoms with Crippen LogP contribution < -0.4 is 0 Å². The minimum absolute atomic E-state index is 0. The molecule has 0 saturated carbocycles. The van der Waals surface area contributed by atoms with Gasteiger partial charge in [-0.25, -0.2) is 0 Å². The van der Waals surface area contributed by atoms with E-state index in [0.717, 1.165) is 12.8 Å². The second kappa shape index (κ2) is 8.85. The van der Waals surface area contributed by atoms with Gasteiger partial charge in [0.05, 0.1) is 0 Å². The summed E-state index contributed by atoms with van der Waals surface area (Å²) < 4.78 is 0. The first-order valence-corrected chi connectivity index (χ1v) is 4.44. The molecule has 78 valence electrons. The number of hydrogen-bond acceptors (Lipinski definition) is 2. The van der Waals surface area contributed by atoms with Crippen LogP contribution in [0.1, 0.15) is 33.1 Å². The quantitative estimate of drug-likeness (QED) is 0.524. The fraction of sp³-hybridized carbons (Fsp3) is 0.778. The molecule has 0 heterocycles. The minimum atomic E-state index is -1.25. The summed E-state index contributed by atoms with van der Waals surface area (Å²) in [6.45, 7) is 3.87. The molecule has 0 aliphatic carbocycles. The molecule has 0 aliphatic rings. The summed E-state index contributed by atoms with van der Waals surface area (Å²) in [7, 11) is 0. The molecule has 0 fully saturated rings. The molecule has 0 aliphatic heterocycles. The number of carbonyl (C=O) groups is 2. The van der Waals surface area contributed by atoms with E-state index in [1.807, 2.05) is 13.8 Å². The Balaban J connectivity index is 0. The topological polar surface area (TPSA) is 74.6 Å². The molecule has 0 aromatic rings. The number of rotatable bonds is 6. The van der Waals surface area contributed by atoms with Crippen molar-refractivity contribution in [1.82, 2.24) is 0 Å². The van der Waals surface area contributed by atoms with Crippen molar-refractivity contribution in [3.05, 3.63) is 0 Å². The molecule has 0 radical (unpaired) electrons. The summed E-state index contributed by atoms with van der Waals surface area (Å²) >= 11 is 0. The maximum absolute atomic E-state index is 10.5. The van der Waals surface area contributed by atoms with Gasteiger partial charge in [-0.1, -0.05) is 26.7 Å². The zero-order chi connectivity index (χ0) is 10.4. The van der Waals surface area contributed by atoms with Crippen molar-refractivity contribution in [2.75, 3.05) is 0 Å². The molecule has 0 aromatic heterocycles. The Hall–Kier alpha value is 0.576. The maximum atomic E-state index is 10.5. The molecule has 4 nitrogen and oxygen atoms in total. The Morgan fingerprint density at radius 2 is 1.64 bits per heavy atom. The van der Waals surface area contributed by atoms with Crippen LogP contribution in [0.2, 0.25) is 0 Å². The normalized spacial score (nSPS) is 11.9. The predicted molar refractivity (Wildman–Crippen MR) is 54.6 cm³/mol. The van der Waals surface area contributed by atoms with Crippen LogP contribution in [-0.2, 0) is 9.59 Å². The van der Waals surface area contributed by atoms with Crippen LogP contribution >= 0.6 is 0 Å². The second-order valence-corrected chi connectivity index (χ2v) is 3.36. The zero-order valence-corrected chi connectivity index (χ0v) is 7.99. The molecule has 0 saturated heterocycles. The van der Waals surface area contributed by atoms with Gasteiger partial charge in [0.2, 0.25) is 0 Å². The molecular weight excluding hydrogens is 211 g/mol. The van der Waals surface area contributed by atoms with Gasteiger partial charge >= 0.3 is 63.3 Å². The van der Waals surface area contributed by atoms with Crippen LogP contribution in [0, 0.1) is 11.8 Å². The molecule has 0 bridgehead atoms. The van der Waals surface area contributed by atoms with Crippen molar-refractivity contribution < 1.29 is 19.8 Å². The second-order valence-electron chi connectivity index (χ2n) is 3.36. The van der Waals surface area contributed by atoms with E-state index in [9.17, 15) is 9.59 Å². The van der Waals surface area contributed by atoms with Gasteiger partial charge in [-0.3, -0.25) is 9.59 Å². The number of aliphatic carboxylic acids is 2. The van der Waals surface area contributed by atoms with Gasteiger partial charge in [0.15, 0.2) is 5.92 Å². The predicted octanol–water partition coefficient (Wildman–Crippen LogP) is 0.950. The van der Waals surface area contributed by atoms with Crippen molar-refractivity contribution in [3.63, 3.8) is 0 Å². The molecular formula is C9H17KO4. The van der Waals surface area contributed by atoms with Gasteiger partial charge in [-0.15, -0.1) is 0 Å². The van der Waals surface area contributed by atoms with Crippen molar-refractivity contribution >= 4 is 63.3 Å². The first-order chi connectivity index (χ1) is 5.99. The first kappa shape index (κ1) is 17.0. The van der Waals surface area contributed by atoms with Gasteiger partial charge in [-0.2, -0.15) is 0 Å². The van der Waals surface area contributed by atoms with Crippen LogP contribution in [0.5, 0.6) is 0 Å². The van der Waals surface area contributed by atoms with Crippen LogP contribution in [0.4, 0.5) is 0 Å². The van der Waals surface area contributed by atoms with Crippen LogP contribution in [0.3, 0.4) is 0 Å². The van der Waals surface area contributed by atoms with Gasteiger partial charge in [-0.05, 0) is 12.3 Å². The molecule has 0 spiro atoms. The summed E-state index contributed by atoms with van der Waals surface area (Å²) in [6.07, 6.45) is 2.04. The van der Waals surface area contributed by atoms with E-state index in [2.05, 4.69) is 0 Å². The molecule has 1 atom stereocenters. The Bertz CT molecular complexity index is 179. The molecule has 1 unspecified atom stereocenters. The Labute approximate surface area is 126 Å². The Morgan fingerprint density at radius 1 is 1.21 bits per heavy atom. The fourth-order valence-corrected chi connectivity index (χ4v) is 1.32. The third-order valence-corrected chi connectivity index (χ3v) is 2.02. The van der Waals surface area contributed by atoms with Gasteiger partial charge in [0, 0.05) is 0 Å². The first-order valence-electron chi connectivity index (χ1n) is 4.44. The molecule has 2 N–H and O–H groups in total. The Kier molecular flexibility index (Phi) is 10.7. The third-order valence-electron chi connectivity index (χ3n) is 2.02. The van der Waals surface area contributed by atoms with Gasteiger partial charge in [0.25, 0.3) is 0 Å². The van der Waals surface area contributed by atoms with Crippen molar-refractivity contribution in [2.24, 2.45) is 11.8 Å². The van der Waals surface area contributed by atoms with Crippen LogP contribution in [0.25, 0.3) is 0 Å².